The SMILES string of the molecule is CCCCOC(=O)c1ccc(N2C(=O)c3oc4cc(C)c(C)cc4c(=O)c3C2c2cccc(Oc3ccccc3)c2)cc1. The Balaban J connectivity index is 1.47. The second-order valence-corrected chi connectivity index (χ2v) is 10.7. The van der Waals surface area contributed by atoms with Crippen molar-refractivity contribution in [3.05, 3.63) is 135 Å². The molecular weight excluding hydrogens is 542 g/mol. The molecule has 0 aliphatic carbocycles. The molecule has 0 spiro atoms. The molecule has 0 radical (unpaired) electrons. The molecule has 7 nitrogen and oxygen atoms in total. The van der Waals surface area contributed by atoms with E-state index in [1.54, 1.807) is 35.2 Å². The molecular formula is C36H31NO6. The van der Waals surface area contributed by atoms with Crippen LogP contribution in [0.3, 0.4) is 0 Å². The minimum absolute atomic E-state index is 0.00295. The van der Waals surface area contributed by atoms with Gasteiger partial charge in [-0.2, -0.15) is 0 Å². The molecule has 4 aromatic carbocycles. The Labute approximate surface area is 249 Å². The number of hydrogen-bond donors (Lipinski definition) is 0. The van der Waals surface area contributed by atoms with Crippen molar-refractivity contribution in [2.75, 3.05) is 11.5 Å². The van der Waals surface area contributed by atoms with Crippen molar-refractivity contribution in [2.24, 2.45) is 0 Å². The number of carbonyl (C=O) groups is 2. The van der Waals surface area contributed by atoms with E-state index in [0.29, 0.717) is 45.9 Å². The zero-order valence-electron chi connectivity index (χ0n) is 24.3. The Morgan fingerprint density at radius 3 is 2.33 bits per heavy atom. The Hall–Kier alpha value is -5.17. The molecule has 2 heterocycles. The van der Waals surface area contributed by atoms with E-state index in [1.807, 2.05) is 81.4 Å². The molecule has 6 rings (SSSR count). The molecule has 1 aromatic heterocycles. The number of anilines is 1. The Bertz CT molecular complexity index is 1890. The summed E-state index contributed by atoms with van der Waals surface area (Å²) >= 11 is 0. The van der Waals surface area contributed by atoms with Crippen LogP contribution in [0, 0.1) is 13.8 Å². The van der Waals surface area contributed by atoms with Crippen molar-refractivity contribution in [1.29, 1.82) is 0 Å². The van der Waals surface area contributed by atoms with Crippen molar-refractivity contribution >= 4 is 28.5 Å². The second-order valence-electron chi connectivity index (χ2n) is 10.7. The maximum absolute atomic E-state index is 14.1. The lowest BCUT2D eigenvalue weighted by atomic mass is 9.97. The van der Waals surface area contributed by atoms with Gasteiger partial charge in [-0.15, -0.1) is 0 Å². The van der Waals surface area contributed by atoms with E-state index >= 15 is 0 Å². The summed E-state index contributed by atoms with van der Waals surface area (Å²) in [6.45, 7) is 6.25. The molecule has 7 heteroatoms. The van der Waals surface area contributed by atoms with Gasteiger partial charge >= 0.3 is 5.97 Å². The van der Waals surface area contributed by atoms with Crippen LogP contribution < -0.4 is 15.1 Å². The van der Waals surface area contributed by atoms with E-state index in [9.17, 15) is 14.4 Å². The largest absolute Gasteiger partial charge is 0.462 e. The fraction of sp³-hybridized carbons (Fsp3) is 0.194. The molecule has 5 aromatic rings. The van der Waals surface area contributed by atoms with Crippen molar-refractivity contribution in [3.8, 4) is 11.5 Å². The summed E-state index contributed by atoms with van der Waals surface area (Å²) in [6, 6.07) is 26.2. The van der Waals surface area contributed by atoms with E-state index in [4.69, 9.17) is 13.9 Å². The van der Waals surface area contributed by atoms with Gasteiger partial charge in [-0.3, -0.25) is 14.5 Å². The molecule has 0 N–H and O–H groups in total. The van der Waals surface area contributed by atoms with Crippen LogP contribution in [0.5, 0.6) is 11.5 Å². The Morgan fingerprint density at radius 2 is 1.58 bits per heavy atom. The molecule has 0 fully saturated rings. The summed E-state index contributed by atoms with van der Waals surface area (Å²) in [7, 11) is 0. The molecule has 1 atom stereocenters. The van der Waals surface area contributed by atoms with Gasteiger partial charge < -0.3 is 13.9 Å². The first-order valence-electron chi connectivity index (χ1n) is 14.4. The molecule has 43 heavy (non-hydrogen) atoms. The van der Waals surface area contributed by atoms with Crippen LogP contribution >= 0.6 is 0 Å². The third-order valence-corrected chi connectivity index (χ3v) is 7.75. The van der Waals surface area contributed by atoms with Crippen LogP contribution in [0.2, 0.25) is 0 Å². The summed E-state index contributed by atoms with van der Waals surface area (Å²) in [5.74, 6) is 0.365. The fourth-order valence-electron chi connectivity index (χ4n) is 5.33. The van der Waals surface area contributed by atoms with Gasteiger partial charge in [0.2, 0.25) is 5.76 Å². The first kappa shape index (κ1) is 28.0. The molecule has 1 unspecified atom stereocenters. The number of para-hydroxylation sites is 1. The zero-order chi connectivity index (χ0) is 30.1. The monoisotopic (exact) mass is 573 g/mol. The number of benzene rings is 4. The number of carbonyl (C=O) groups excluding carboxylic acids is 2. The van der Waals surface area contributed by atoms with Gasteiger partial charge in [-0.05, 0) is 97.6 Å². The lowest BCUT2D eigenvalue weighted by Gasteiger charge is -2.25. The van der Waals surface area contributed by atoms with Crippen molar-refractivity contribution in [1.82, 2.24) is 0 Å². The van der Waals surface area contributed by atoms with E-state index < -0.39 is 17.9 Å². The number of rotatable bonds is 8. The molecule has 216 valence electrons. The summed E-state index contributed by atoms with van der Waals surface area (Å²) in [5, 5.41) is 0.420. The normalized spacial score (nSPS) is 14.2. The van der Waals surface area contributed by atoms with Gasteiger partial charge in [-0.25, -0.2) is 4.79 Å². The quantitative estimate of drug-likeness (QED) is 0.139. The topological polar surface area (TPSA) is 86.0 Å². The first-order valence-corrected chi connectivity index (χ1v) is 14.4. The van der Waals surface area contributed by atoms with Crippen LogP contribution in [0.1, 0.15) is 69.0 Å². The third-order valence-electron chi connectivity index (χ3n) is 7.75. The highest BCUT2D eigenvalue weighted by Crippen LogP contribution is 2.42. The second kappa shape index (κ2) is 11.6. The number of aryl methyl sites for hydroxylation is 2. The van der Waals surface area contributed by atoms with Crippen molar-refractivity contribution < 1.29 is 23.5 Å². The number of fused-ring (bicyclic) bond motifs is 2. The number of amides is 1. The van der Waals surface area contributed by atoms with E-state index in [1.165, 1.54) is 0 Å². The molecule has 1 amide bonds. The lowest BCUT2D eigenvalue weighted by molar-refractivity contribution is 0.0499. The molecule has 1 aliphatic heterocycles. The smallest absolute Gasteiger partial charge is 0.338 e. The lowest BCUT2D eigenvalue weighted by Crippen LogP contribution is -2.29. The van der Waals surface area contributed by atoms with Gasteiger partial charge in [0.05, 0.1) is 29.2 Å². The van der Waals surface area contributed by atoms with Gasteiger partial charge in [0.25, 0.3) is 5.91 Å². The maximum Gasteiger partial charge on any atom is 0.338 e. The minimum atomic E-state index is -0.786. The van der Waals surface area contributed by atoms with Gasteiger partial charge in [0.1, 0.15) is 17.1 Å². The summed E-state index contributed by atoms with van der Waals surface area (Å²) in [6.07, 6.45) is 1.71. The van der Waals surface area contributed by atoms with Crippen LogP contribution in [-0.4, -0.2) is 18.5 Å². The summed E-state index contributed by atoms with van der Waals surface area (Å²) in [5.41, 5.74) is 3.86. The van der Waals surface area contributed by atoms with Crippen molar-refractivity contribution in [2.45, 2.75) is 39.7 Å². The summed E-state index contributed by atoms with van der Waals surface area (Å²) < 4.78 is 17.6. The highest BCUT2D eigenvalue weighted by atomic mass is 16.5. The van der Waals surface area contributed by atoms with Gasteiger partial charge in [0, 0.05) is 5.69 Å². The molecule has 1 aliphatic rings. The zero-order valence-corrected chi connectivity index (χ0v) is 24.3. The Kier molecular flexibility index (Phi) is 7.55. The fourth-order valence-corrected chi connectivity index (χ4v) is 5.33. The van der Waals surface area contributed by atoms with Crippen LogP contribution in [0.4, 0.5) is 5.69 Å². The molecule has 0 bridgehead atoms. The highest BCUT2D eigenvalue weighted by molar-refractivity contribution is 6.11. The minimum Gasteiger partial charge on any atom is -0.462 e. The predicted molar refractivity (Wildman–Crippen MR) is 165 cm³/mol. The summed E-state index contributed by atoms with van der Waals surface area (Å²) in [4.78, 5) is 42.2. The van der Waals surface area contributed by atoms with Crippen molar-refractivity contribution in [3.63, 3.8) is 0 Å². The standard InChI is InChI=1S/C36H31NO6/c1-4-5-18-41-36(40)24-14-16-26(17-15-24)37-32(25-10-9-13-28(21-25)42-27-11-7-6-8-12-27)31-33(38)29-19-22(2)23(3)20-30(29)43-34(31)35(37)39/h6-17,19-21,32H,4-5,18H2,1-3H3. The average molecular weight is 574 g/mol. The van der Waals surface area contributed by atoms with Crippen LogP contribution in [-0.2, 0) is 4.74 Å². The maximum atomic E-state index is 14.1. The average Bonchev–Trinajstić information content (AvgIpc) is 3.31. The highest BCUT2D eigenvalue weighted by Gasteiger charge is 2.44. The number of hydrogen-bond acceptors (Lipinski definition) is 6. The predicted octanol–water partition coefficient (Wildman–Crippen LogP) is 7.91. The van der Waals surface area contributed by atoms with E-state index in [-0.39, 0.29) is 16.8 Å². The number of ether oxygens (including phenoxy) is 2. The Morgan fingerprint density at radius 1 is 0.860 bits per heavy atom. The van der Waals surface area contributed by atoms with E-state index in [2.05, 4.69) is 0 Å². The number of nitrogens with zero attached hydrogens (tertiary/aromatic N) is 1. The molecule has 0 saturated heterocycles. The van der Waals surface area contributed by atoms with Crippen LogP contribution in [0.15, 0.2) is 100 Å². The molecule has 0 saturated carbocycles. The van der Waals surface area contributed by atoms with Crippen LogP contribution in [0.25, 0.3) is 11.0 Å². The van der Waals surface area contributed by atoms with E-state index in [0.717, 1.165) is 24.0 Å². The van der Waals surface area contributed by atoms with Gasteiger partial charge in [-0.1, -0.05) is 43.7 Å². The number of esters is 1. The third kappa shape index (κ3) is 5.30. The first-order chi connectivity index (χ1) is 20.9. The van der Waals surface area contributed by atoms with Gasteiger partial charge in [0.15, 0.2) is 5.43 Å². The number of unbranched alkanes of at least 4 members (excludes halogenated alkanes) is 1.